The van der Waals surface area contributed by atoms with Crippen LogP contribution in [0.15, 0.2) is 77.7 Å². The van der Waals surface area contributed by atoms with Gasteiger partial charge < -0.3 is 10.2 Å². The highest BCUT2D eigenvalue weighted by Crippen LogP contribution is 2.38. The van der Waals surface area contributed by atoms with E-state index >= 15 is 0 Å². The molecule has 0 aromatic heterocycles. The quantitative estimate of drug-likeness (QED) is 0.403. The molecule has 3 aromatic rings. The summed E-state index contributed by atoms with van der Waals surface area (Å²) in [4.78, 5) is 14.9. The van der Waals surface area contributed by atoms with E-state index in [4.69, 9.17) is 11.6 Å². The Morgan fingerprint density at radius 2 is 1.62 bits per heavy atom. The van der Waals surface area contributed by atoms with Crippen LogP contribution in [-0.4, -0.2) is 34.0 Å². The van der Waals surface area contributed by atoms with E-state index in [1.165, 1.54) is 24.3 Å². The maximum Gasteiger partial charge on any atom is 0.417 e. The van der Waals surface area contributed by atoms with Crippen LogP contribution in [0.25, 0.3) is 0 Å². The second kappa shape index (κ2) is 11.0. The molecule has 3 aromatic carbocycles. The zero-order valence-corrected chi connectivity index (χ0v) is 21.3. The molecule has 0 spiro atoms. The molecule has 4 rings (SSSR count). The number of carbonyl (C=O) groups excluding carboxylic acids is 1. The first-order valence-electron chi connectivity index (χ1n) is 11.6. The van der Waals surface area contributed by atoms with Crippen LogP contribution in [0.4, 0.5) is 24.5 Å². The van der Waals surface area contributed by atoms with Crippen molar-refractivity contribution in [1.29, 1.82) is 0 Å². The van der Waals surface area contributed by atoms with Crippen molar-refractivity contribution in [3.8, 4) is 0 Å². The topological polar surface area (TPSA) is 69.7 Å². The summed E-state index contributed by atoms with van der Waals surface area (Å²) in [5.74, 6) is -0.674. The summed E-state index contributed by atoms with van der Waals surface area (Å²) in [5, 5.41) is 2.09. The van der Waals surface area contributed by atoms with Gasteiger partial charge in [0.1, 0.15) is 6.54 Å². The number of nitrogens with zero attached hydrogens (tertiary/aromatic N) is 2. The number of amides is 1. The van der Waals surface area contributed by atoms with E-state index in [1.54, 1.807) is 6.07 Å². The summed E-state index contributed by atoms with van der Waals surface area (Å²) < 4.78 is 67.8. The lowest BCUT2D eigenvalue weighted by Gasteiger charge is -2.25. The third-order valence-corrected chi connectivity index (χ3v) is 8.18. The van der Waals surface area contributed by atoms with Crippen LogP contribution in [0.5, 0.6) is 0 Å². The monoisotopic (exact) mass is 551 g/mol. The number of halogens is 4. The van der Waals surface area contributed by atoms with Crippen LogP contribution in [-0.2, 0) is 27.5 Å². The smallest absolute Gasteiger partial charge is 0.372 e. The Balaban J connectivity index is 1.55. The Kier molecular flexibility index (Phi) is 7.99. The highest BCUT2D eigenvalue weighted by atomic mass is 35.5. The van der Waals surface area contributed by atoms with Gasteiger partial charge in [0.05, 0.1) is 21.2 Å². The van der Waals surface area contributed by atoms with Crippen molar-refractivity contribution in [2.24, 2.45) is 0 Å². The number of alkyl halides is 3. The van der Waals surface area contributed by atoms with E-state index in [-0.39, 0.29) is 17.1 Å². The molecule has 0 atom stereocenters. The maximum absolute atomic E-state index is 13.5. The zero-order chi connectivity index (χ0) is 26.6. The minimum atomic E-state index is -4.81. The number of hydrogen-bond donors (Lipinski definition) is 1. The fourth-order valence-corrected chi connectivity index (χ4v) is 5.77. The lowest BCUT2D eigenvalue weighted by Crippen LogP contribution is -2.40. The van der Waals surface area contributed by atoms with Crippen molar-refractivity contribution >= 4 is 38.9 Å². The number of nitrogens with one attached hydrogen (secondary N) is 1. The average Bonchev–Trinajstić information content (AvgIpc) is 3.42. The Bertz CT molecular complexity index is 1340. The van der Waals surface area contributed by atoms with Crippen LogP contribution >= 0.6 is 11.6 Å². The molecule has 0 radical (unpaired) electrons. The van der Waals surface area contributed by atoms with Gasteiger partial charge in [-0.15, -0.1) is 0 Å². The number of sulfonamides is 1. The van der Waals surface area contributed by atoms with Crippen molar-refractivity contribution in [2.75, 3.05) is 28.8 Å². The average molecular weight is 552 g/mol. The SMILES string of the molecule is O=C(CN(c1ccc(Cl)c(C(F)(F)F)c1)S(=O)(=O)c1ccccc1)NCc1ccc(N2CCCC2)cc1. The molecule has 37 heavy (non-hydrogen) atoms. The second-order valence-corrected chi connectivity index (χ2v) is 10.9. The van der Waals surface area contributed by atoms with Crippen LogP contribution in [0, 0.1) is 0 Å². The van der Waals surface area contributed by atoms with E-state index < -0.39 is 39.2 Å². The van der Waals surface area contributed by atoms with Gasteiger partial charge in [-0.3, -0.25) is 9.10 Å². The van der Waals surface area contributed by atoms with Gasteiger partial charge in [0.25, 0.3) is 10.0 Å². The molecule has 11 heteroatoms. The Labute approximate surface area is 218 Å². The first kappa shape index (κ1) is 26.8. The molecule has 196 valence electrons. The van der Waals surface area contributed by atoms with E-state index in [0.29, 0.717) is 10.4 Å². The van der Waals surface area contributed by atoms with Crippen molar-refractivity contribution in [1.82, 2.24) is 5.32 Å². The standard InChI is InChI=1S/C26H25ClF3N3O3S/c27-24-13-12-21(16-23(24)26(28,29)30)33(37(35,36)22-6-2-1-3-7-22)18-25(34)31-17-19-8-10-20(11-9-19)32-14-4-5-15-32/h1-3,6-13,16H,4-5,14-15,17-18H2,(H,31,34). The van der Waals surface area contributed by atoms with Crippen LogP contribution in [0.1, 0.15) is 24.0 Å². The van der Waals surface area contributed by atoms with Crippen LogP contribution in [0.3, 0.4) is 0 Å². The third-order valence-electron chi connectivity index (χ3n) is 6.06. The van der Waals surface area contributed by atoms with Gasteiger partial charge in [-0.1, -0.05) is 41.9 Å². The normalized spacial score (nSPS) is 14.0. The fourth-order valence-electron chi connectivity index (χ4n) is 4.11. The van der Waals surface area contributed by atoms with Crippen molar-refractivity contribution < 1.29 is 26.4 Å². The largest absolute Gasteiger partial charge is 0.417 e. The molecule has 0 aliphatic carbocycles. The Hall–Kier alpha value is -3.24. The highest BCUT2D eigenvalue weighted by molar-refractivity contribution is 7.92. The molecule has 0 unspecified atom stereocenters. The van der Waals surface area contributed by atoms with Gasteiger partial charge in [-0.25, -0.2) is 8.42 Å². The minimum absolute atomic E-state index is 0.132. The Morgan fingerprint density at radius 3 is 2.24 bits per heavy atom. The number of hydrogen-bond acceptors (Lipinski definition) is 4. The molecule has 1 aliphatic rings. The minimum Gasteiger partial charge on any atom is -0.372 e. The molecule has 1 heterocycles. The predicted molar refractivity (Wildman–Crippen MR) is 137 cm³/mol. The summed E-state index contributed by atoms with van der Waals surface area (Å²) in [5.41, 5.74) is 0.375. The summed E-state index contributed by atoms with van der Waals surface area (Å²) in [6, 6.07) is 17.6. The molecule has 1 fully saturated rings. The molecule has 1 saturated heterocycles. The predicted octanol–water partition coefficient (Wildman–Crippen LogP) is 5.47. The van der Waals surface area contributed by atoms with Gasteiger partial charge in [-0.05, 0) is 60.9 Å². The lowest BCUT2D eigenvalue weighted by atomic mass is 10.2. The van der Waals surface area contributed by atoms with Gasteiger partial charge in [-0.2, -0.15) is 13.2 Å². The number of carbonyl (C=O) groups is 1. The summed E-state index contributed by atoms with van der Waals surface area (Å²) in [6.45, 7) is 1.42. The second-order valence-electron chi connectivity index (χ2n) is 8.62. The molecule has 1 aliphatic heterocycles. The maximum atomic E-state index is 13.5. The summed E-state index contributed by atoms with van der Waals surface area (Å²) in [7, 11) is -4.37. The molecular formula is C26H25ClF3N3O3S. The Morgan fingerprint density at radius 1 is 0.973 bits per heavy atom. The van der Waals surface area contributed by atoms with E-state index in [0.717, 1.165) is 49.3 Å². The summed E-state index contributed by atoms with van der Waals surface area (Å²) in [6.07, 6.45) is -2.50. The first-order chi connectivity index (χ1) is 17.6. The molecule has 1 N–H and O–H groups in total. The summed E-state index contributed by atoms with van der Waals surface area (Å²) >= 11 is 5.72. The van der Waals surface area contributed by atoms with Crippen LogP contribution < -0.4 is 14.5 Å². The molecule has 0 saturated carbocycles. The highest BCUT2D eigenvalue weighted by Gasteiger charge is 2.35. The zero-order valence-electron chi connectivity index (χ0n) is 19.7. The van der Waals surface area contributed by atoms with Gasteiger partial charge in [0.15, 0.2) is 0 Å². The van der Waals surface area contributed by atoms with Crippen molar-refractivity contribution in [2.45, 2.75) is 30.5 Å². The molecule has 1 amide bonds. The fraction of sp³-hybridized carbons (Fsp3) is 0.269. The van der Waals surface area contributed by atoms with Gasteiger partial charge in [0, 0.05) is 25.3 Å². The first-order valence-corrected chi connectivity index (χ1v) is 13.4. The van der Waals surface area contributed by atoms with E-state index in [2.05, 4.69) is 10.2 Å². The van der Waals surface area contributed by atoms with E-state index in [9.17, 15) is 26.4 Å². The third kappa shape index (κ3) is 6.37. The number of benzene rings is 3. The van der Waals surface area contributed by atoms with Crippen molar-refractivity contribution in [3.63, 3.8) is 0 Å². The lowest BCUT2D eigenvalue weighted by molar-refractivity contribution is -0.137. The van der Waals surface area contributed by atoms with Crippen LogP contribution in [0.2, 0.25) is 5.02 Å². The van der Waals surface area contributed by atoms with E-state index in [1.807, 2.05) is 24.3 Å². The van der Waals surface area contributed by atoms with Gasteiger partial charge in [0.2, 0.25) is 5.91 Å². The molecular weight excluding hydrogens is 527 g/mol. The van der Waals surface area contributed by atoms with Crippen molar-refractivity contribution in [3.05, 3.63) is 88.9 Å². The van der Waals surface area contributed by atoms with Gasteiger partial charge >= 0.3 is 6.18 Å². The molecule has 6 nitrogen and oxygen atoms in total. The number of rotatable bonds is 8. The molecule has 0 bridgehead atoms. The number of anilines is 2.